The van der Waals surface area contributed by atoms with Gasteiger partial charge in [0.05, 0.1) is 5.75 Å². The van der Waals surface area contributed by atoms with Crippen LogP contribution in [0.5, 0.6) is 0 Å². The summed E-state index contributed by atoms with van der Waals surface area (Å²) in [6, 6.07) is 0. The fourth-order valence-corrected chi connectivity index (χ4v) is 1.83. The molecule has 1 fully saturated rings. The van der Waals surface area contributed by atoms with Gasteiger partial charge in [-0.1, -0.05) is 0 Å². The van der Waals surface area contributed by atoms with Crippen molar-refractivity contribution in [1.82, 2.24) is 4.72 Å². The fourth-order valence-electron chi connectivity index (χ4n) is 0.718. The van der Waals surface area contributed by atoms with Crippen molar-refractivity contribution in [2.45, 2.75) is 12.8 Å². The summed E-state index contributed by atoms with van der Waals surface area (Å²) < 4.78 is 19.8. The van der Waals surface area contributed by atoms with Crippen molar-refractivity contribution >= 4 is 16.7 Å². The van der Waals surface area contributed by atoms with E-state index in [1.54, 1.807) is 0 Å². The van der Waals surface area contributed by atoms with E-state index in [2.05, 4.69) is 4.72 Å². The average Bonchev–Trinajstić information content (AvgIpc) is 1.60. The first-order valence-corrected chi connectivity index (χ1v) is 4.38. The van der Waals surface area contributed by atoms with Crippen LogP contribution in [0.3, 0.4) is 0 Å². The quantitative estimate of drug-likeness (QED) is 0.474. The predicted octanol–water partition coefficient (Wildman–Crippen LogP) is 0.562. The van der Waals surface area contributed by atoms with Crippen LogP contribution < -0.4 is 4.72 Å². The Bertz CT molecular complexity index is 136. The molecule has 4 nitrogen and oxygen atoms in total. The summed E-state index contributed by atoms with van der Waals surface area (Å²) in [6.07, 6.45) is 0.990. The van der Waals surface area contributed by atoms with E-state index in [4.69, 9.17) is 9.11 Å². The summed E-state index contributed by atoms with van der Waals surface area (Å²) in [5.74, 6) is 0.0416. The molecule has 0 spiro atoms. The normalized spacial score (nSPS) is 28.9. The summed E-state index contributed by atoms with van der Waals surface area (Å²) in [7, 11) is -2.73. The van der Waals surface area contributed by atoms with Gasteiger partial charge in [0.25, 0.3) is 0 Å². The van der Waals surface area contributed by atoms with E-state index in [0.29, 0.717) is 18.6 Å². The Kier molecular flexibility index (Phi) is 1.65. The number of hydrogen-bond acceptors (Lipinski definition) is 3. The highest BCUT2D eigenvalue weighted by atomic mass is 32.3. The van der Waals surface area contributed by atoms with E-state index >= 15 is 0 Å². The summed E-state index contributed by atoms with van der Waals surface area (Å²) in [6.45, 7) is 0. The molecule has 1 heterocycles. The van der Waals surface area contributed by atoms with Gasteiger partial charge in [0.1, 0.15) is 0 Å². The maximum Gasteiger partial charge on any atom is 0.238 e. The molecular weight excluding hydrogens is 142 g/mol. The molecule has 5 heteroatoms. The van der Waals surface area contributed by atoms with E-state index in [0.717, 1.165) is 0 Å². The monoisotopic (exact) mass is 151 g/mol. The maximum absolute atomic E-state index is 10.5. The molecule has 1 aliphatic rings. The molecule has 1 saturated heterocycles. The molecule has 0 atom stereocenters. The molecule has 0 aliphatic carbocycles. The lowest BCUT2D eigenvalue weighted by Crippen LogP contribution is -2.33. The number of carbonyl (C=O) groups is 1. The lowest BCUT2D eigenvalue weighted by molar-refractivity contribution is -0.119. The lowest BCUT2D eigenvalue weighted by atomic mass is 10.3. The standard InChI is InChI=1S/C4H9NO3S/c6-4-2-1-3-9(7,8)5-4/h7-8H,1-3H2,(H,5,6). The molecule has 1 aliphatic heterocycles. The van der Waals surface area contributed by atoms with E-state index in [1.807, 2.05) is 0 Å². The van der Waals surface area contributed by atoms with Crippen molar-refractivity contribution in [2.75, 3.05) is 5.75 Å². The Hall–Kier alpha value is -0.260. The molecule has 0 radical (unpaired) electrons. The van der Waals surface area contributed by atoms with Gasteiger partial charge in [-0.2, -0.15) is 0 Å². The van der Waals surface area contributed by atoms with Crippen LogP contribution in [0.2, 0.25) is 0 Å². The Morgan fingerprint density at radius 3 is 2.56 bits per heavy atom. The minimum absolute atomic E-state index is 0.263. The van der Waals surface area contributed by atoms with E-state index in [9.17, 15) is 4.79 Å². The zero-order chi connectivity index (χ0) is 6.91. The van der Waals surface area contributed by atoms with Gasteiger partial charge >= 0.3 is 0 Å². The second-order valence-electron chi connectivity index (χ2n) is 2.00. The van der Waals surface area contributed by atoms with Crippen LogP contribution in [0.15, 0.2) is 0 Å². The molecular formula is C4H9NO3S. The van der Waals surface area contributed by atoms with Crippen molar-refractivity contribution in [1.29, 1.82) is 0 Å². The molecule has 0 bridgehead atoms. The Balaban J connectivity index is 2.51. The fraction of sp³-hybridized carbons (Fsp3) is 0.750. The number of nitrogens with one attached hydrogen (secondary N) is 1. The molecule has 0 aromatic carbocycles. The van der Waals surface area contributed by atoms with Gasteiger partial charge in [-0.3, -0.25) is 18.6 Å². The zero-order valence-electron chi connectivity index (χ0n) is 4.83. The Morgan fingerprint density at radius 1 is 1.56 bits per heavy atom. The molecule has 9 heavy (non-hydrogen) atoms. The minimum atomic E-state index is -2.73. The van der Waals surface area contributed by atoms with Gasteiger partial charge in [0.2, 0.25) is 5.91 Å². The highest BCUT2D eigenvalue weighted by Crippen LogP contribution is 2.37. The number of carbonyl (C=O) groups excluding carboxylic acids is 1. The zero-order valence-corrected chi connectivity index (χ0v) is 5.65. The van der Waals surface area contributed by atoms with Gasteiger partial charge in [0.15, 0.2) is 0 Å². The number of amides is 1. The number of rotatable bonds is 0. The van der Waals surface area contributed by atoms with Crippen LogP contribution in [-0.2, 0) is 4.79 Å². The smallest absolute Gasteiger partial charge is 0.238 e. The summed E-state index contributed by atoms with van der Waals surface area (Å²) in [5, 5.41) is 0. The molecule has 0 aromatic rings. The third-order valence-corrected chi connectivity index (χ3v) is 2.52. The summed E-state index contributed by atoms with van der Waals surface area (Å²) in [5.41, 5.74) is 0. The first-order chi connectivity index (χ1) is 4.10. The highest BCUT2D eigenvalue weighted by molar-refractivity contribution is 8.23. The van der Waals surface area contributed by atoms with Crippen LogP contribution in [0.1, 0.15) is 12.8 Å². The predicted molar refractivity (Wildman–Crippen MR) is 35.1 cm³/mol. The number of hydrogen-bond donors (Lipinski definition) is 3. The topological polar surface area (TPSA) is 69.6 Å². The summed E-state index contributed by atoms with van der Waals surface area (Å²) >= 11 is 0. The van der Waals surface area contributed by atoms with Crippen molar-refractivity contribution in [3.63, 3.8) is 0 Å². The van der Waals surface area contributed by atoms with Gasteiger partial charge in [-0.05, 0) is 6.42 Å². The second kappa shape index (κ2) is 2.17. The van der Waals surface area contributed by atoms with Crippen molar-refractivity contribution in [3.05, 3.63) is 0 Å². The molecule has 0 saturated carbocycles. The minimum Gasteiger partial charge on any atom is -0.282 e. The SMILES string of the molecule is O=C1CCCS(O)(O)N1. The van der Waals surface area contributed by atoms with Crippen molar-refractivity contribution in [2.24, 2.45) is 0 Å². The molecule has 1 rings (SSSR count). The van der Waals surface area contributed by atoms with E-state index < -0.39 is 10.8 Å². The molecule has 0 aromatic heterocycles. The van der Waals surface area contributed by atoms with Crippen molar-refractivity contribution in [3.8, 4) is 0 Å². The Labute approximate surface area is 54.7 Å². The summed E-state index contributed by atoms with van der Waals surface area (Å²) in [4.78, 5) is 10.5. The average molecular weight is 151 g/mol. The third-order valence-electron chi connectivity index (χ3n) is 1.11. The molecule has 0 unspecified atom stereocenters. The van der Waals surface area contributed by atoms with Crippen LogP contribution in [0.4, 0.5) is 0 Å². The van der Waals surface area contributed by atoms with Crippen LogP contribution >= 0.6 is 10.8 Å². The maximum atomic E-state index is 10.5. The first-order valence-electron chi connectivity index (χ1n) is 2.67. The first kappa shape index (κ1) is 6.85. The lowest BCUT2D eigenvalue weighted by Gasteiger charge is -2.35. The Morgan fingerprint density at radius 2 is 2.22 bits per heavy atom. The second-order valence-corrected chi connectivity index (χ2v) is 3.95. The van der Waals surface area contributed by atoms with Gasteiger partial charge in [-0.25, -0.2) is 0 Å². The molecule has 3 N–H and O–H groups in total. The van der Waals surface area contributed by atoms with Crippen LogP contribution in [-0.4, -0.2) is 20.8 Å². The van der Waals surface area contributed by atoms with Crippen LogP contribution in [0.25, 0.3) is 0 Å². The van der Waals surface area contributed by atoms with Gasteiger partial charge in [-0.15, -0.1) is 10.8 Å². The van der Waals surface area contributed by atoms with E-state index in [1.165, 1.54) is 0 Å². The van der Waals surface area contributed by atoms with E-state index in [-0.39, 0.29) is 5.91 Å². The largest absolute Gasteiger partial charge is 0.282 e. The van der Waals surface area contributed by atoms with Crippen molar-refractivity contribution < 1.29 is 13.9 Å². The van der Waals surface area contributed by atoms with Gasteiger partial charge in [0, 0.05) is 6.42 Å². The highest BCUT2D eigenvalue weighted by Gasteiger charge is 2.20. The molecule has 1 amide bonds. The van der Waals surface area contributed by atoms with Crippen LogP contribution in [0, 0.1) is 0 Å². The third kappa shape index (κ3) is 1.85. The molecule has 54 valence electrons. The van der Waals surface area contributed by atoms with Gasteiger partial charge < -0.3 is 0 Å².